The summed E-state index contributed by atoms with van der Waals surface area (Å²) in [5.41, 5.74) is -0.395. The minimum atomic E-state index is -0.226. The first-order valence-corrected chi connectivity index (χ1v) is 8.65. The molecular formula is C17H30ClN3O2. The summed E-state index contributed by atoms with van der Waals surface area (Å²) in [4.78, 5) is 27.0. The van der Waals surface area contributed by atoms with Gasteiger partial charge in [-0.25, -0.2) is 0 Å². The molecule has 1 unspecified atom stereocenters. The zero-order chi connectivity index (χ0) is 16.0. The molecule has 2 N–H and O–H groups in total. The maximum absolute atomic E-state index is 12.9. The highest BCUT2D eigenvalue weighted by atomic mass is 35.5. The van der Waals surface area contributed by atoms with E-state index in [-0.39, 0.29) is 41.2 Å². The van der Waals surface area contributed by atoms with E-state index in [0.29, 0.717) is 18.9 Å². The molecule has 0 spiro atoms. The van der Waals surface area contributed by atoms with Gasteiger partial charge in [0.05, 0.1) is 11.5 Å². The normalized spacial score (nSPS) is 34.0. The van der Waals surface area contributed by atoms with Gasteiger partial charge in [0, 0.05) is 25.0 Å². The van der Waals surface area contributed by atoms with Crippen LogP contribution < -0.4 is 10.6 Å². The highest BCUT2D eigenvalue weighted by molar-refractivity contribution is 5.86. The van der Waals surface area contributed by atoms with Crippen LogP contribution in [0.3, 0.4) is 0 Å². The molecule has 2 saturated heterocycles. The maximum atomic E-state index is 12.9. The van der Waals surface area contributed by atoms with E-state index in [1.54, 1.807) is 0 Å². The summed E-state index contributed by atoms with van der Waals surface area (Å²) in [7, 11) is 0. The molecule has 5 nitrogen and oxygen atoms in total. The molecule has 0 aromatic rings. The summed E-state index contributed by atoms with van der Waals surface area (Å²) in [6.45, 7) is 8.55. The first kappa shape index (κ1) is 18.5. The van der Waals surface area contributed by atoms with Crippen LogP contribution in [0.25, 0.3) is 0 Å². The lowest BCUT2D eigenvalue weighted by Gasteiger charge is -2.38. The second kappa shape index (κ2) is 6.60. The average Bonchev–Trinajstić information content (AvgIpc) is 3.02. The zero-order valence-corrected chi connectivity index (χ0v) is 15.3. The van der Waals surface area contributed by atoms with Crippen molar-refractivity contribution < 1.29 is 9.59 Å². The van der Waals surface area contributed by atoms with Crippen LogP contribution in [0.15, 0.2) is 0 Å². The van der Waals surface area contributed by atoms with Crippen molar-refractivity contribution in [2.75, 3.05) is 19.6 Å². The van der Waals surface area contributed by atoms with E-state index >= 15 is 0 Å². The van der Waals surface area contributed by atoms with Crippen molar-refractivity contribution in [2.45, 2.75) is 64.5 Å². The molecule has 2 amide bonds. The number of rotatable bonds is 2. The van der Waals surface area contributed by atoms with Gasteiger partial charge in [0.25, 0.3) is 0 Å². The van der Waals surface area contributed by atoms with Gasteiger partial charge in [-0.05, 0) is 46.1 Å². The van der Waals surface area contributed by atoms with Gasteiger partial charge < -0.3 is 15.5 Å². The van der Waals surface area contributed by atoms with E-state index in [4.69, 9.17) is 0 Å². The minimum absolute atomic E-state index is 0. The lowest BCUT2D eigenvalue weighted by molar-refractivity contribution is -0.134. The van der Waals surface area contributed by atoms with Crippen LogP contribution in [0.5, 0.6) is 0 Å². The molecule has 0 aromatic carbocycles. The molecule has 3 rings (SSSR count). The number of hydrogen-bond acceptors (Lipinski definition) is 3. The van der Waals surface area contributed by atoms with Crippen molar-refractivity contribution in [1.82, 2.24) is 15.5 Å². The van der Waals surface area contributed by atoms with Crippen molar-refractivity contribution >= 4 is 24.2 Å². The highest BCUT2D eigenvalue weighted by Crippen LogP contribution is 2.44. The quantitative estimate of drug-likeness (QED) is 0.802. The van der Waals surface area contributed by atoms with Crippen LogP contribution in [-0.2, 0) is 9.59 Å². The molecule has 1 aliphatic carbocycles. The van der Waals surface area contributed by atoms with E-state index in [9.17, 15) is 9.59 Å². The number of nitrogens with one attached hydrogen (secondary N) is 2. The Balaban J connectivity index is 0.00000192. The third-order valence-electron chi connectivity index (χ3n) is 5.76. The van der Waals surface area contributed by atoms with Gasteiger partial charge in [0.1, 0.15) is 0 Å². The molecule has 6 heteroatoms. The number of carbonyl (C=O) groups is 2. The Kier molecular flexibility index (Phi) is 5.31. The Labute approximate surface area is 145 Å². The lowest BCUT2D eigenvalue weighted by Crippen LogP contribution is -2.52. The van der Waals surface area contributed by atoms with E-state index in [2.05, 4.69) is 10.6 Å². The Hall–Kier alpha value is -0.810. The SMILES string of the molecule is CC(C)(C)N1CC(NC(=O)[C@@]23CCCC[C@H]2CNC3)CC1=O.Cl. The monoisotopic (exact) mass is 343 g/mol. The molecule has 1 saturated carbocycles. The maximum Gasteiger partial charge on any atom is 0.228 e. The smallest absolute Gasteiger partial charge is 0.228 e. The highest BCUT2D eigenvalue weighted by Gasteiger charge is 2.50. The number of fused-ring (bicyclic) bond motifs is 1. The first-order chi connectivity index (χ1) is 10.3. The Bertz CT molecular complexity index is 477. The number of hydrogen-bond donors (Lipinski definition) is 2. The summed E-state index contributed by atoms with van der Waals surface area (Å²) in [6.07, 6.45) is 4.96. The van der Waals surface area contributed by atoms with Gasteiger partial charge in [0.15, 0.2) is 0 Å². The summed E-state index contributed by atoms with van der Waals surface area (Å²) >= 11 is 0. The van der Waals surface area contributed by atoms with E-state index in [0.717, 1.165) is 32.4 Å². The van der Waals surface area contributed by atoms with Crippen molar-refractivity contribution in [3.63, 3.8) is 0 Å². The molecule has 3 aliphatic rings. The van der Waals surface area contributed by atoms with Crippen molar-refractivity contribution in [3.05, 3.63) is 0 Å². The molecule has 132 valence electrons. The fourth-order valence-electron chi connectivity index (χ4n) is 4.47. The van der Waals surface area contributed by atoms with Crippen LogP contribution >= 0.6 is 12.4 Å². The number of nitrogens with zero attached hydrogens (tertiary/aromatic N) is 1. The fourth-order valence-corrected chi connectivity index (χ4v) is 4.47. The molecule has 3 atom stereocenters. The van der Waals surface area contributed by atoms with Gasteiger partial charge in [-0.2, -0.15) is 0 Å². The Morgan fingerprint density at radius 2 is 2.09 bits per heavy atom. The number of halogens is 1. The van der Waals surface area contributed by atoms with Gasteiger partial charge in [-0.15, -0.1) is 12.4 Å². The summed E-state index contributed by atoms with van der Waals surface area (Å²) in [5, 5.41) is 6.62. The van der Waals surface area contributed by atoms with Gasteiger partial charge in [-0.1, -0.05) is 12.8 Å². The van der Waals surface area contributed by atoms with Crippen molar-refractivity contribution in [1.29, 1.82) is 0 Å². The summed E-state index contributed by atoms with van der Waals surface area (Å²) in [5.74, 6) is 0.799. The topological polar surface area (TPSA) is 61.4 Å². The predicted octanol–water partition coefficient (Wildman–Crippen LogP) is 1.70. The van der Waals surface area contributed by atoms with Crippen LogP contribution in [0.2, 0.25) is 0 Å². The molecule has 2 heterocycles. The summed E-state index contributed by atoms with van der Waals surface area (Å²) < 4.78 is 0. The molecule has 0 aromatic heterocycles. The molecule has 3 fully saturated rings. The van der Waals surface area contributed by atoms with Crippen molar-refractivity contribution in [2.24, 2.45) is 11.3 Å². The van der Waals surface area contributed by atoms with Gasteiger partial charge in [0.2, 0.25) is 11.8 Å². The molecule has 0 bridgehead atoms. The van der Waals surface area contributed by atoms with Crippen LogP contribution in [0.4, 0.5) is 0 Å². The standard InChI is InChI=1S/C17H29N3O2.ClH/c1-16(2,3)20-10-13(8-14(20)21)19-15(22)17-7-5-4-6-12(17)9-18-11-17;/h12-13,18H,4-11H2,1-3H3,(H,19,22);1H/t12-,13?,17+;/m0./s1. The van der Waals surface area contributed by atoms with E-state index < -0.39 is 0 Å². The van der Waals surface area contributed by atoms with Crippen LogP contribution in [-0.4, -0.2) is 47.9 Å². The number of likely N-dealkylation sites (tertiary alicyclic amines) is 1. The lowest BCUT2D eigenvalue weighted by atomic mass is 9.67. The molecule has 0 radical (unpaired) electrons. The average molecular weight is 344 g/mol. The Morgan fingerprint density at radius 3 is 2.74 bits per heavy atom. The van der Waals surface area contributed by atoms with Gasteiger partial charge in [-0.3, -0.25) is 9.59 Å². The van der Waals surface area contributed by atoms with E-state index in [1.165, 1.54) is 6.42 Å². The molecule has 2 aliphatic heterocycles. The van der Waals surface area contributed by atoms with E-state index in [1.807, 2.05) is 25.7 Å². The van der Waals surface area contributed by atoms with Gasteiger partial charge >= 0.3 is 0 Å². The largest absolute Gasteiger partial charge is 0.351 e. The first-order valence-electron chi connectivity index (χ1n) is 8.65. The third kappa shape index (κ3) is 3.36. The second-order valence-electron chi connectivity index (χ2n) is 8.28. The van der Waals surface area contributed by atoms with Crippen LogP contribution in [0.1, 0.15) is 52.9 Å². The molecule has 23 heavy (non-hydrogen) atoms. The summed E-state index contributed by atoms with van der Waals surface area (Å²) in [6, 6.07) is -0.0308. The zero-order valence-electron chi connectivity index (χ0n) is 14.5. The molecular weight excluding hydrogens is 314 g/mol. The van der Waals surface area contributed by atoms with Crippen LogP contribution in [0, 0.1) is 11.3 Å². The number of amides is 2. The Morgan fingerprint density at radius 1 is 1.35 bits per heavy atom. The third-order valence-corrected chi connectivity index (χ3v) is 5.76. The second-order valence-corrected chi connectivity index (χ2v) is 8.28. The predicted molar refractivity (Wildman–Crippen MR) is 92.5 cm³/mol. The van der Waals surface area contributed by atoms with Crippen molar-refractivity contribution in [3.8, 4) is 0 Å². The minimum Gasteiger partial charge on any atom is -0.351 e. The number of carbonyl (C=O) groups excluding carboxylic acids is 2. The fraction of sp³-hybridized carbons (Fsp3) is 0.882.